The molecule has 1 saturated carbocycles. The molecule has 0 aliphatic heterocycles. The van der Waals surface area contributed by atoms with E-state index >= 15 is 0 Å². The summed E-state index contributed by atoms with van der Waals surface area (Å²) in [5.74, 6) is 0. The first kappa shape index (κ1) is 10.2. The fourth-order valence-electron chi connectivity index (χ4n) is 1.26. The van der Waals surface area contributed by atoms with Gasteiger partial charge in [-0.2, -0.15) is 0 Å². The summed E-state index contributed by atoms with van der Waals surface area (Å²) < 4.78 is 25.6. The number of hydrogen-bond acceptors (Lipinski definition) is 3. The molecule has 2 rings (SSSR count). The molecule has 80 valence electrons. The number of carbonyl (C=O) groups is 1. The van der Waals surface area contributed by atoms with Gasteiger partial charge in [0.1, 0.15) is 6.29 Å². The molecule has 0 spiro atoms. The van der Waals surface area contributed by atoms with E-state index in [1.54, 1.807) is 24.3 Å². The molecule has 0 unspecified atom stereocenters. The van der Waals surface area contributed by atoms with Gasteiger partial charge in [-0.05, 0) is 37.1 Å². The molecule has 0 saturated heterocycles. The van der Waals surface area contributed by atoms with E-state index in [0.29, 0.717) is 11.3 Å². The van der Waals surface area contributed by atoms with E-state index in [9.17, 15) is 13.2 Å². The molecular formula is C10H11NO3S. The van der Waals surface area contributed by atoms with Crippen LogP contribution < -0.4 is 4.72 Å². The van der Waals surface area contributed by atoms with Gasteiger partial charge in [-0.15, -0.1) is 0 Å². The Morgan fingerprint density at radius 1 is 1.20 bits per heavy atom. The first-order valence-electron chi connectivity index (χ1n) is 4.69. The molecule has 15 heavy (non-hydrogen) atoms. The molecule has 1 fully saturated rings. The maximum absolute atomic E-state index is 11.5. The third kappa shape index (κ3) is 2.36. The summed E-state index contributed by atoms with van der Waals surface area (Å²) in [6.07, 6.45) is 2.20. The molecule has 1 aromatic carbocycles. The molecule has 0 aromatic heterocycles. The molecular weight excluding hydrogens is 214 g/mol. The van der Waals surface area contributed by atoms with E-state index in [4.69, 9.17) is 0 Å². The minimum atomic E-state index is -3.20. The summed E-state index contributed by atoms with van der Waals surface area (Å²) in [4.78, 5) is 10.4. The zero-order valence-corrected chi connectivity index (χ0v) is 8.83. The molecule has 1 aliphatic carbocycles. The van der Waals surface area contributed by atoms with Crippen LogP contribution in [0.25, 0.3) is 0 Å². The molecule has 0 heterocycles. The van der Waals surface area contributed by atoms with Crippen LogP contribution in [-0.2, 0) is 10.0 Å². The molecule has 1 aromatic rings. The highest BCUT2D eigenvalue weighted by atomic mass is 32.2. The van der Waals surface area contributed by atoms with E-state index < -0.39 is 10.0 Å². The molecule has 1 aliphatic rings. The van der Waals surface area contributed by atoms with Crippen LogP contribution >= 0.6 is 0 Å². The maximum Gasteiger partial charge on any atom is 0.235 e. The van der Waals surface area contributed by atoms with Crippen LogP contribution in [0, 0.1) is 0 Å². The topological polar surface area (TPSA) is 63.2 Å². The van der Waals surface area contributed by atoms with Crippen molar-refractivity contribution in [2.24, 2.45) is 0 Å². The first-order chi connectivity index (χ1) is 7.12. The summed E-state index contributed by atoms with van der Waals surface area (Å²) in [6.45, 7) is 0. The highest BCUT2D eigenvalue weighted by Gasteiger charge is 2.35. The molecule has 4 nitrogen and oxygen atoms in total. The van der Waals surface area contributed by atoms with Crippen LogP contribution in [0.3, 0.4) is 0 Å². The third-order valence-corrected chi connectivity index (χ3v) is 4.14. The average molecular weight is 225 g/mol. The van der Waals surface area contributed by atoms with Crippen molar-refractivity contribution < 1.29 is 13.2 Å². The van der Waals surface area contributed by atoms with Crippen molar-refractivity contribution in [1.82, 2.24) is 0 Å². The Balaban J connectivity index is 2.13. The number of carbonyl (C=O) groups excluding carboxylic acids is 1. The Kier molecular flexibility index (Phi) is 2.48. The van der Waals surface area contributed by atoms with E-state index in [2.05, 4.69) is 4.72 Å². The van der Waals surface area contributed by atoms with Gasteiger partial charge in [0, 0.05) is 11.3 Å². The number of aldehydes is 1. The van der Waals surface area contributed by atoms with Gasteiger partial charge in [-0.25, -0.2) is 8.42 Å². The largest absolute Gasteiger partial charge is 0.298 e. The Morgan fingerprint density at radius 2 is 1.80 bits per heavy atom. The number of sulfonamides is 1. The van der Waals surface area contributed by atoms with Crippen molar-refractivity contribution >= 4 is 22.0 Å². The number of rotatable bonds is 4. The van der Waals surface area contributed by atoms with Gasteiger partial charge < -0.3 is 0 Å². The number of nitrogens with one attached hydrogen (secondary N) is 1. The third-order valence-electron chi connectivity index (χ3n) is 2.27. The van der Waals surface area contributed by atoms with Crippen molar-refractivity contribution in [3.63, 3.8) is 0 Å². The minimum absolute atomic E-state index is 0.233. The smallest absolute Gasteiger partial charge is 0.235 e. The second-order valence-corrected chi connectivity index (χ2v) is 5.55. The van der Waals surface area contributed by atoms with Gasteiger partial charge in [0.05, 0.1) is 5.25 Å². The first-order valence-corrected chi connectivity index (χ1v) is 6.23. The summed E-state index contributed by atoms with van der Waals surface area (Å²) in [5, 5.41) is -0.233. The van der Waals surface area contributed by atoms with Crippen LogP contribution in [-0.4, -0.2) is 20.0 Å². The van der Waals surface area contributed by atoms with Gasteiger partial charge in [0.15, 0.2) is 0 Å². The summed E-state index contributed by atoms with van der Waals surface area (Å²) in [6, 6.07) is 6.34. The minimum Gasteiger partial charge on any atom is -0.298 e. The molecule has 0 atom stereocenters. The van der Waals surface area contributed by atoms with Gasteiger partial charge >= 0.3 is 0 Å². The average Bonchev–Trinajstić information content (AvgIpc) is 3.01. The number of hydrogen-bond donors (Lipinski definition) is 1. The van der Waals surface area contributed by atoms with Crippen molar-refractivity contribution in [2.45, 2.75) is 18.1 Å². The van der Waals surface area contributed by atoms with E-state index in [1.807, 2.05) is 0 Å². The van der Waals surface area contributed by atoms with E-state index in [1.165, 1.54) is 0 Å². The fraction of sp³-hybridized carbons (Fsp3) is 0.300. The summed E-state index contributed by atoms with van der Waals surface area (Å²) in [5.41, 5.74) is 1.04. The lowest BCUT2D eigenvalue weighted by Crippen LogP contribution is -2.17. The zero-order valence-electron chi connectivity index (χ0n) is 8.01. The lowest BCUT2D eigenvalue weighted by molar-refractivity contribution is 0.112. The molecule has 1 N–H and O–H groups in total. The maximum atomic E-state index is 11.5. The quantitative estimate of drug-likeness (QED) is 0.788. The van der Waals surface area contributed by atoms with Crippen molar-refractivity contribution in [3.8, 4) is 0 Å². The predicted molar refractivity (Wildman–Crippen MR) is 57.4 cm³/mol. The fourth-order valence-corrected chi connectivity index (χ4v) is 2.64. The van der Waals surface area contributed by atoms with E-state index in [-0.39, 0.29) is 5.25 Å². The van der Waals surface area contributed by atoms with Gasteiger partial charge in [-0.3, -0.25) is 9.52 Å². The van der Waals surface area contributed by atoms with Crippen LogP contribution in [0.2, 0.25) is 0 Å². The monoisotopic (exact) mass is 225 g/mol. The Morgan fingerprint density at radius 3 is 2.27 bits per heavy atom. The normalized spacial score (nSPS) is 16.0. The van der Waals surface area contributed by atoms with Gasteiger partial charge in [0.25, 0.3) is 0 Å². The van der Waals surface area contributed by atoms with Crippen molar-refractivity contribution in [2.75, 3.05) is 4.72 Å². The van der Waals surface area contributed by atoms with Crippen molar-refractivity contribution in [3.05, 3.63) is 29.8 Å². The standard InChI is InChI=1S/C10H11NO3S/c12-7-8-1-3-9(4-2-8)11-15(13,14)10-5-6-10/h1-4,7,10-11H,5-6H2. The van der Waals surface area contributed by atoms with Gasteiger partial charge in [0.2, 0.25) is 10.0 Å². The second-order valence-electron chi connectivity index (χ2n) is 3.59. The second kappa shape index (κ2) is 3.66. The Hall–Kier alpha value is -1.36. The number of anilines is 1. The van der Waals surface area contributed by atoms with E-state index in [0.717, 1.165) is 19.1 Å². The van der Waals surface area contributed by atoms with Crippen molar-refractivity contribution in [1.29, 1.82) is 0 Å². The lowest BCUT2D eigenvalue weighted by atomic mass is 10.2. The Labute approximate surface area is 88.4 Å². The summed E-state index contributed by atoms with van der Waals surface area (Å²) in [7, 11) is -3.20. The lowest BCUT2D eigenvalue weighted by Gasteiger charge is -2.06. The predicted octanol–water partition coefficient (Wildman–Crippen LogP) is 1.40. The highest BCUT2D eigenvalue weighted by molar-refractivity contribution is 7.93. The van der Waals surface area contributed by atoms with Crippen LogP contribution in [0.1, 0.15) is 23.2 Å². The van der Waals surface area contributed by atoms with Crippen LogP contribution in [0.15, 0.2) is 24.3 Å². The van der Waals surface area contributed by atoms with Crippen LogP contribution in [0.4, 0.5) is 5.69 Å². The molecule has 5 heteroatoms. The Bertz CT molecular complexity index is 460. The highest BCUT2D eigenvalue weighted by Crippen LogP contribution is 2.29. The number of benzene rings is 1. The van der Waals surface area contributed by atoms with Crippen LogP contribution in [0.5, 0.6) is 0 Å². The summed E-state index contributed by atoms with van der Waals surface area (Å²) >= 11 is 0. The zero-order chi connectivity index (χ0) is 10.9. The molecule has 0 radical (unpaired) electrons. The molecule has 0 amide bonds. The SMILES string of the molecule is O=Cc1ccc(NS(=O)(=O)C2CC2)cc1. The molecule has 0 bridgehead atoms. The van der Waals surface area contributed by atoms with Gasteiger partial charge in [-0.1, -0.05) is 0 Å².